The molecule has 1 N–H and O–H groups in total. The van der Waals surface area contributed by atoms with Crippen LogP contribution >= 0.6 is 23.4 Å². The third-order valence-electron chi connectivity index (χ3n) is 2.95. The summed E-state index contributed by atoms with van der Waals surface area (Å²) >= 11 is 7.98. The Hall–Kier alpha value is -1.03. The number of halogens is 1. The molecule has 1 atom stereocenters. The number of likely N-dealkylation sites (N-methyl/N-ethyl adjacent to an activating group) is 1. The van der Waals surface area contributed by atoms with Crippen LogP contribution in [-0.2, 0) is 6.42 Å². The van der Waals surface area contributed by atoms with E-state index >= 15 is 0 Å². The Bertz CT molecular complexity index is 519. The first-order valence-electron chi connectivity index (χ1n) is 6.80. The van der Waals surface area contributed by atoms with Gasteiger partial charge in [-0.05, 0) is 30.8 Å². The summed E-state index contributed by atoms with van der Waals surface area (Å²) in [5, 5.41) is 4.34. The van der Waals surface area contributed by atoms with E-state index in [1.165, 1.54) is 0 Å². The van der Waals surface area contributed by atoms with Gasteiger partial charge in [0.15, 0.2) is 0 Å². The lowest BCUT2D eigenvalue weighted by Gasteiger charge is -2.17. The van der Waals surface area contributed by atoms with Crippen LogP contribution in [-0.4, -0.2) is 23.3 Å². The molecule has 2 nitrogen and oxygen atoms in total. The molecule has 0 saturated heterocycles. The lowest BCUT2D eigenvalue weighted by Crippen LogP contribution is -2.33. The summed E-state index contributed by atoms with van der Waals surface area (Å²) in [5.41, 5.74) is 1.12. The highest BCUT2D eigenvalue weighted by molar-refractivity contribution is 7.99. The Morgan fingerprint density at radius 3 is 2.70 bits per heavy atom. The summed E-state index contributed by atoms with van der Waals surface area (Å²) in [4.78, 5) is 5.54. The van der Waals surface area contributed by atoms with Gasteiger partial charge in [-0.3, -0.25) is 4.98 Å². The molecule has 20 heavy (non-hydrogen) atoms. The van der Waals surface area contributed by atoms with Crippen LogP contribution < -0.4 is 5.32 Å². The molecule has 0 fully saturated rings. The fourth-order valence-electron chi connectivity index (χ4n) is 2.00. The number of thioether (sulfide) groups is 1. The van der Waals surface area contributed by atoms with Crippen molar-refractivity contribution in [3.05, 3.63) is 59.4 Å². The van der Waals surface area contributed by atoms with Crippen molar-refractivity contribution < 1.29 is 0 Å². The molecule has 4 heteroatoms. The summed E-state index contributed by atoms with van der Waals surface area (Å²) in [6, 6.07) is 14.4. The van der Waals surface area contributed by atoms with Crippen LogP contribution in [0.5, 0.6) is 0 Å². The van der Waals surface area contributed by atoms with E-state index < -0.39 is 0 Å². The van der Waals surface area contributed by atoms with Crippen molar-refractivity contribution in [3.63, 3.8) is 0 Å². The molecule has 1 unspecified atom stereocenters. The second kappa shape index (κ2) is 8.30. The summed E-state index contributed by atoms with van der Waals surface area (Å²) < 4.78 is 0. The summed E-state index contributed by atoms with van der Waals surface area (Å²) in [6.45, 7) is 3.09. The Balaban J connectivity index is 1.94. The van der Waals surface area contributed by atoms with Gasteiger partial charge in [0, 0.05) is 35.0 Å². The molecule has 0 radical (unpaired) electrons. The van der Waals surface area contributed by atoms with Crippen LogP contribution in [0.1, 0.15) is 12.6 Å². The van der Waals surface area contributed by atoms with Crippen molar-refractivity contribution in [2.75, 3.05) is 12.3 Å². The van der Waals surface area contributed by atoms with Gasteiger partial charge in [-0.1, -0.05) is 36.7 Å². The van der Waals surface area contributed by atoms with E-state index in [0.717, 1.165) is 34.3 Å². The van der Waals surface area contributed by atoms with Gasteiger partial charge < -0.3 is 5.32 Å². The molecule has 0 aliphatic heterocycles. The highest BCUT2D eigenvalue weighted by Crippen LogP contribution is 2.27. The number of benzene rings is 1. The molecule has 1 aromatic heterocycles. The van der Waals surface area contributed by atoms with Crippen LogP contribution in [0.4, 0.5) is 0 Å². The Morgan fingerprint density at radius 1 is 1.20 bits per heavy atom. The van der Waals surface area contributed by atoms with Gasteiger partial charge in [0.05, 0.1) is 5.02 Å². The standard InChI is InChI=1S/C16H19ClN2S/c1-2-18-14(11-13-7-5-6-10-19-13)12-20-16-9-4-3-8-15(16)17/h3-10,14,18H,2,11-12H2,1H3. The van der Waals surface area contributed by atoms with Crippen LogP contribution in [0.15, 0.2) is 53.6 Å². The molecule has 2 rings (SSSR count). The topological polar surface area (TPSA) is 24.9 Å². The van der Waals surface area contributed by atoms with Crippen molar-refractivity contribution in [2.45, 2.75) is 24.3 Å². The fraction of sp³-hybridized carbons (Fsp3) is 0.312. The molecule has 0 amide bonds. The maximum absolute atomic E-state index is 6.19. The van der Waals surface area contributed by atoms with E-state index in [9.17, 15) is 0 Å². The van der Waals surface area contributed by atoms with Crippen LogP contribution in [0.25, 0.3) is 0 Å². The predicted octanol–water partition coefficient (Wildman–Crippen LogP) is 4.05. The van der Waals surface area contributed by atoms with Crippen molar-refractivity contribution in [3.8, 4) is 0 Å². The molecule has 1 aromatic carbocycles. The van der Waals surface area contributed by atoms with Gasteiger partial charge in [-0.2, -0.15) is 0 Å². The number of hydrogen-bond donors (Lipinski definition) is 1. The largest absolute Gasteiger partial charge is 0.313 e. The monoisotopic (exact) mass is 306 g/mol. The molecule has 0 saturated carbocycles. The van der Waals surface area contributed by atoms with E-state index in [-0.39, 0.29) is 0 Å². The zero-order valence-electron chi connectivity index (χ0n) is 11.6. The summed E-state index contributed by atoms with van der Waals surface area (Å²) in [6.07, 6.45) is 2.78. The van der Waals surface area contributed by atoms with E-state index in [4.69, 9.17) is 11.6 Å². The number of rotatable bonds is 7. The van der Waals surface area contributed by atoms with E-state index in [2.05, 4.69) is 29.4 Å². The van der Waals surface area contributed by atoms with Gasteiger partial charge in [0.2, 0.25) is 0 Å². The lowest BCUT2D eigenvalue weighted by molar-refractivity contribution is 0.566. The number of pyridine rings is 1. The Labute approximate surface area is 130 Å². The van der Waals surface area contributed by atoms with Crippen LogP contribution in [0.2, 0.25) is 5.02 Å². The van der Waals surface area contributed by atoms with Crippen molar-refractivity contribution in [1.82, 2.24) is 10.3 Å². The third kappa shape index (κ3) is 4.82. The lowest BCUT2D eigenvalue weighted by atomic mass is 10.1. The van der Waals surface area contributed by atoms with Gasteiger partial charge in [0.1, 0.15) is 0 Å². The molecular formula is C16H19ClN2S. The first kappa shape index (κ1) is 15.4. The molecule has 0 spiro atoms. The van der Waals surface area contributed by atoms with Gasteiger partial charge in [-0.25, -0.2) is 0 Å². The van der Waals surface area contributed by atoms with Gasteiger partial charge >= 0.3 is 0 Å². The zero-order chi connectivity index (χ0) is 14.2. The minimum atomic E-state index is 0.399. The quantitative estimate of drug-likeness (QED) is 0.781. The number of nitrogens with one attached hydrogen (secondary N) is 1. The van der Waals surface area contributed by atoms with Crippen LogP contribution in [0, 0.1) is 0 Å². The fourth-order valence-corrected chi connectivity index (χ4v) is 3.30. The first-order chi connectivity index (χ1) is 9.79. The Kier molecular flexibility index (Phi) is 6.37. The summed E-state index contributed by atoms with van der Waals surface area (Å²) in [7, 11) is 0. The minimum Gasteiger partial charge on any atom is -0.313 e. The normalized spacial score (nSPS) is 12.3. The molecule has 2 aromatic rings. The van der Waals surface area contributed by atoms with Crippen molar-refractivity contribution in [2.24, 2.45) is 0 Å². The zero-order valence-corrected chi connectivity index (χ0v) is 13.1. The smallest absolute Gasteiger partial charge is 0.0541 e. The summed E-state index contributed by atoms with van der Waals surface area (Å²) in [5.74, 6) is 0.980. The maximum Gasteiger partial charge on any atom is 0.0541 e. The number of hydrogen-bond acceptors (Lipinski definition) is 3. The van der Waals surface area contributed by atoms with Crippen molar-refractivity contribution >= 4 is 23.4 Å². The second-order valence-electron chi connectivity index (χ2n) is 4.52. The highest BCUT2D eigenvalue weighted by atomic mass is 35.5. The number of aromatic nitrogens is 1. The maximum atomic E-state index is 6.19. The number of nitrogens with zero attached hydrogens (tertiary/aromatic N) is 1. The third-order valence-corrected chi connectivity index (χ3v) is 4.63. The van der Waals surface area contributed by atoms with Crippen molar-refractivity contribution in [1.29, 1.82) is 0 Å². The van der Waals surface area contributed by atoms with E-state index in [0.29, 0.717) is 6.04 Å². The van der Waals surface area contributed by atoms with Gasteiger partial charge in [0.25, 0.3) is 0 Å². The molecule has 1 heterocycles. The molecule has 106 valence electrons. The Morgan fingerprint density at radius 2 is 2.00 bits per heavy atom. The molecular weight excluding hydrogens is 288 g/mol. The van der Waals surface area contributed by atoms with E-state index in [1.807, 2.05) is 36.5 Å². The van der Waals surface area contributed by atoms with E-state index in [1.54, 1.807) is 11.8 Å². The average molecular weight is 307 g/mol. The molecule has 0 aliphatic carbocycles. The molecule has 0 aliphatic rings. The predicted molar refractivity (Wildman–Crippen MR) is 87.6 cm³/mol. The second-order valence-corrected chi connectivity index (χ2v) is 5.99. The highest BCUT2D eigenvalue weighted by Gasteiger charge is 2.10. The molecule has 0 bridgehead atoms. The minimum absolute atomic E-state index is 0.399. The average Bonchev–Trinajstić information content (AvgIpc) is 2.47. The first-order valence-corrected chi connectivity index (χ1v) is 8.16. The van der Waals surface area contributed by atoms with Gasteiger partial charge in [-0.15, -0.1) is 11.8 Å². The SMILES string of the molecule is CCNC(CSc1ccccc1Cl)Cc1ccccn1. The van der Waals surface area contributed by atoms with Crippen LogP contribution in [0.3, 0.4) is 0 Å².